The summed E-state index contributed by atoms with van der Waals surface area (Å²) in [5, 5.41) is 2.46. The van der Waals surface area contributed by atoms with Gasteiger partial charge in [-0.25, -0.2) is 4.79 Å². The fourth-order valence-electron chi connectivity index (χ4n) is 4.95. The molecule has 0 unspecified atom stereocenters. The van der Waals surface area contributed by atoms with Crippen molar-refractivity contribution in [3.8, 4) is 23.0 Å². The van der Waals surface area contributed by atoms with Gasteiger partial charge in [-0.3, -0.25) is 19.2 Å². The Balaban J connectivity index is 1.58. The Morgan fingerprint density at radius 2 is 1.40 bits per heavy atom. The number of methoxy groups -OCH3 is 5. The number of rotatable bonds is 16. The summed E-state index contributed by atoms with van der Waals surface area (Å²) in [6.07, 6.45) is 0.314. The van der Waals surface area contributed by atoms with Crippen molar-refractivity contribution in [1.29, 1.82) is 0 Å². The Bertz CT molecular complexity index is 1370. The number of cyclic esters (lactones) is 1. The summed E-state index contributed by atoms with van der Waals surface area (Å²) in [6, 6.07) is 9.56. The van der Waals surface area contributed by atoms with Crippen molar-refractivity contribution in [2.24, 2.45) is 11.8 Å². The smallest absolute Gasteiger partial charge is 0.328 e. The summed E-state index contributed by atoms with van der Waals surface area (Å²) in [5.41, 5.74) is 1.77. The number of hydrogen-bond acceptors (Lipinski definition) is 12. The molecule has 0 aromatic heterocycles. The van der Waals surface area contributed by atoms with Gasteiger partial charge in [-0.1, -0.05) is 12.1 Å². The molecule has 1 saturated heterocycles. The first kappa shape index (κ1) is 34.7. The van der Waals surface area contributed by atoms with E-state index in [1.54, 1.807) is 32.4 Å². The fraction of sp³-hybridized carbons (Fsp3) is 0.469. The van der Waals surface area contributed by atoms with Crippen LogP contribution < -0.4 is 24.3 Å². The molecule has 1 amide bonds. The third kappa shape index (κ3) is 9.85. The maximum atomic E-state index is 12.7. The van der Waals surface area contributed by atoms with Crippen molar-refractivity contribution < 1.29 is 57.1 Å². The molecule has 3 atom stereocenters. The molecule has 1 N–H and O–H groups in total. The van der Waals surface area contributed by atoms with Gasteiger partial charge in [0.1, 0.15) is 6.04 Å². The van der Waals surface area contributed by atoms with E-state index in [1.807, 2.05) is 18.2 Å². The summed E-state index contributed by atoms with van der Waals surface area (Å²) >= 11 is 0. The lowest BCUT2D eigenvalue weighted by Gasteiger charge is -2.17. The third-order valence-corrected chi connectivity index (χ3v) is 7.41. The number of hydrogen-bond donors (Lipinski definition) is 1. The summed E-state index contributed by atoms with van der Waals surface area (Å²) in [7, 11) is 6.93. The molecule has 0 spiro atoms. The highest BCUT2D eigenvalue weighted by atomic mass is 16.6. The Kier molecular flexibility index (Phi) is 13.0. The van der Waals surface area contributed by atoms with Crippen LogP contribution >= 0.6 is 0 Å². The summed E-state index contributed by atoms with van der Waals surface area (Å²) in [5.74, 6) is -1.66. The first-order valence-corrected chi connectivity index (χ1v) is 14.3. The second kappa shape index (κ2) is 16.9. The Labute approximate surface area is 261 Å². The van der Waals surface area contributed by atoms with E-state index in [9.17, 15) is 24.0 Å². The molecular formula is C32H39NO12. The second-order valence-electron chi connectivity index (χ2n) is 10.3. The van der Waals surface area contributed by atoms with Crippen LogP contribution in [0.15, 0.2) is 36.4 Å². The van der Waals surface area contributed by atoms with Gasteiger partial charge in [0.2, 0.25) is 5.91 Å². The van der Waals surface area contributed by atoms with Crippen LogP contribution in [0.25, 0.3) is 0 Å². The van der Waals surface area contributed by atoms with E-state index >= 15 is 0 Å². The molecular weight excluding hydrogens is 590 g/mol. The molecule has 0 aliphatic carbocycles. The molecule has 2 aromatic rings. The molecule has 244 valence electrons. The summed E-state index contributed by atoms with van der Waals surface area (Å²) in [4.78, 5) is 61.0. The van der Waals surface area contributed by atoms with E-state index in [2.05, 4.69) is 14.8 Å². The van der Waals surface area contributed by atoms with Gasteiger partial charge in [0.05, 0.1) is 54.5 Å². The Morgan fingerprint density at radius 1 is 0.778 bits per heavy atom. The molecule has 13 heteroatoms. The molecule has 0 radical (unpaired) electrons. The number of esters is 4. The monoisotopic (exact) mass is 629 g/mol. The predicted octanol–water partition coefficient (Wildman–Crippen LogP) is 2.58. The van der Waals surface area contributed by atoms with Gasteiger partial charge >= 0.3 is 23.9 Å². The quantitative estimate of drug-likeness (QED) is 0.164. The molecule has 1 fully saturated rings. The van der Waals surface area contributed by atoms with E-state index in [0.29, 0.717) is 30.9 Å². The van der Waals surface area contributed by atoms with Crippen LogP contribution in [0.1, 0.15) is 36.8 Å². The van der Waals surface area contributed by atoms with Gasteiger partial charge in [0, 0.05) is 18.8 Å². The minimum absolute atomic E-state index is 0.0192. The van der Waals surface area contributed by atoms with Crippen LogP contribution in [0.4, 0.5) is 0 Å². The minimum atomic E-state index is -1.07. The zero-order valence-electron chi connectivity index (χ0n) is 26.0. The number of amides is 1. The van der Waals surface area contributed by atoms with Gasteiger partial charge in [0.15, 0.2) is 23.0 Å². The highest BCUT2D eigenvalue weighted by Gasteiger charge is 2.37. The molecule has 0 saturated carbocycles. The van der Waals surface area contributed by atoms with Crippen LogP contribution in [-0.4, -0.2) is 78.0 Å². The molecule has 1 heterocycles. The lowest BCUT2D eigenvalue weighted by atomic mass is 9.85. The number of carbonyl (C=O) groups excluding carboxylic acids is 5. The van der Waals surface area contributed by atoms with Gasteiger partial charge in [-0.05, 0) is 54.7 Å². The maximum Gasteiger partial charge on any atom is 0.328 e. The van der Waals surface area contributed by atoms with Gasteiger partial charge in [0.25, 0.3) is 0 Å². The van der Waals surface area contributed by atoms with Crippen molar-refractivity contribution in [2.45, 2.75) is 44.6 Å². The van der Waals surface area contributed by atoms with E-state index < -0.39 is 35.8 Å². The van der Waals surface area contributed by atoms with Crippen LogP contribution in [0.3, 0.4) is 0 Å². The van der Waals surface area contributed by atoms with Crippen molar-refractivity contribution in [2.75, 3.05) is 42.2 Å². The third-order valence-electron chi connectivity index (χ3n) is 7.41. The van der Waals surface area contributed by atoms with Crippen LogP contribution in [0.5, 0.6) is 23.0 Å². The maximum absolute atomic E-state index is 12.7. The largest absolute Gasteiger partial charge is 0.493 e. The fourth-order valence-corrected chi connectivity index (χ4v) is 4.95. The molecule has 0 bridgehead atoms. The van der Waals surface area contributed by atoms with Crippen molar-refractivity contribution in [1.82, 2.24) is 5.32 Å². The molecule has 3 rings (SSSR count). The Hall–Kier alpha value is -4.81. The normalized spacial score (nSPS) is 16.2. The van der Waals surface area contributed by atoms with E-state index in [1.165, 1.54) is 14.2 Å². The molecule has 2 aromatic carbocycles. The summed E-state index contributed by atoms with van der Waals surface area (Å²) in [6.45, 7) is 0.296. The standard InChI is InChI=1S/C32H39NO12/c1-39-24-9-6-19(16-26(24)40-2)14-21-18-44-31(37)22(21)15-20-7-10-25(27(17-20)41-3)45-30(36)13-11-28(34)33-23(32(38)43-5)8-12-29(35)42-4/h6-7,9-10,16-17,21-23H,8,11-15,18H2,1-5H3,(H,33,34)/t21-,22+,23-/m0/s1. The highest BCUT2D eigenvalue weighted by molar-refractivity contribution is 5.87. The molecule has 13 nitrogen and oxygen atoms in total. The first-order chi connectivity index (χ1) is 21.6. The van der Waals surface area contributed by atoms with Crippen molar-refractivity contribution >= 4 is 29.8 Å². The molecule has 45 heavy (non-hydrogen) atoms. The SMILES string of the molecule is COC(=O)CC[C@H](NC(=O)CCC(=O)Oc1ccc(C[C@H]2C(=O)OC[C@@H]2Cc2ccc(OC)c(OC)c2)cc1OC)C(=O)OC. The molecule has 1 aliphatic rings. The first-order valence-electron chi connectivity index (χ1n) is 14.3. The van der Waals surface area contributed by atoms with E-state index in [0.717, 1.165) is 18.2 Å². The lowest BCUT2D eigenvalue weighted by Crippen LogP contribution is -2.42. The van der Waals surface area contributed by atoms with Gasteiger partial charge < -0.3 is 38.5 Å². The highest BCUT2D eigenvalue weighted by Crippen LogP contribution is 2.35. The van der Waals surface area contributed by atoms with Crippen LogP contribution in [0, 0.1) is 11.8 Å². The van der Waals surface area contributed by atoms with Gasteiger partial charge in [-0.2, -0.15) is 0 Å². The number of carbonyl (C=O) groups is 5. The minimum Gasteiger partial charge on any atom is -0.493 e. The number of nitrogens with one attached hydrogen (secondary N) is 1. The zero-order valence-corrected chi connectivity index (χ0v) is 26.0. The van der Waals surface area contributed by atoms with E-state index in [-0.39, 0.29) is 49.1 Å². The average Bonchev–Trinajstić information content (AvgIpc) is 3.39. The topological polar surface area (TPSA) is 162 Å². The van der Waals surface area contributed by atoms with Crippen LogP contribution in [0.2, 0.25) is 0 Å². The van der Waals surface area contributed by atoms with Crippen molar-refractivity contribution in [3.63, 3.8) is 0 Å². The average molecular weight is 630 g/mol. The lowest BCUT2D eigenvalue weighted by molar-refractivity contribution is -0.146. The number of ether oxygens (including phenoxy) is 7. The number of benzene rings is 2. The van der Waals surface area contributed by atoms with Crippen LogP contribution in [-0.2, 0) is 51.0 Å². The predicted molar refractivity (Wildman–Crippen MR) is 158 cm³/mol. The Morgan fingerprint density at radius 3 is 2.02 bits per heavy atom. The zero-order chi connectivity index (χ0) is 32.9. The van der Waals surface area contributed by atoms with Crippen molar-refractivity contribution in [3.05, 3.63) is 47.5 Å². The van der Waals surface area contributed by atoms with E-state index in [4.69, 9.17) is 23.7 Å². The molecule has 1 aliphatic heterocycles. The second-order valence-corrected chi connectivity index (χ2v) is 10.3. The summed E-state index contributed by atoms with van der Waals surface area (Å²) < 4.78 is 36.2. The van der Waals surface area contributed by atoms with Gasteiger partial charge in [-0.15, -0.1) is 0 Å².